The highest BCUT2D eigenvalue weighted by Gasteiger charge is 2.00. The van der Waals surface area contributed by atoms with Gasteiger partial charge in [-0.05, 0) is 29.9 Å². The van der Waals surface area contributed by atoms with Crippen LogP contribution in [0.5, 0.6) is 0 Å². The molecule has 0 heterocycles. The van der Waals surface area contributed by atoms with Crippen LogP contribution >= 0.6 is 35.0 Å². The highest BCUT2D eigenvalue weighted by Crippen LogP contribution is 2.20. The Bertz CT molecular complexity index is 336. The van der Waals surface area contributed by atoms with Crippen LogP contribution in [-0.2, 0) is 6.54 Å². The predicted octanol–water partition coefficient (Wildman–Crippen LogP) is 3.20. The fourth-order valence-electron chi connectivity index (χ4n) is 1.30. The summed E-state index contributed by atoms with van der Waals surface area (Å²) in [5.74, 6) is 2.06. The van der Waals surface area contributed by atoms with Crippen LogP contribution in [0.4, 0.5) is 0 Å². The monoisotopic (exact) mass is 293 g/mol. The van der Waals surface area contributed by atoms with E-state index in [-0.39, 0.29) is 6.61 Å². The third kappa shape index (κ3) is 6.53. The molecule has 1 aromatic carbocycles. The van der Waals surface area contributed by atoms with Crippen molar-refractivity contribution in [2.24, 2.45) is 0 Å². The lowest BCUT2D eigenvalue weighted by molar-refractivity contribution is 0.296. The van der Waals surface area contributed by atoms with Crippen LogP contribution < -0.4 is 5.32 Å². The second-order valence-electron chi connectivity index (χ2n) is 3.60. The molecule has 0 atom stereocenters. The molecule has 0 bridgehead atoms. The van der Waals surface area contributed by atoms with E-state index in [2.05, 4.69) is 5.32 Å². The Kier molecular flexibility index (Phi) is 8.06. The zero-order valence-electron chi connectivity index (χ0n) is 9.59. The quantitative estimate of drug-likeness (QED) is 0.722. The number of hydrogen-bond donors (Lipinski definition) is 2. The SMILES string of the molecule is OCCCSCCNCc1ccc(Cl)cc1Cl. The first-order chi connectivity index (χ1) is 8.24. The van der Waals surface area contributed by atoms with Gasteiger partial charge >= 0.3 is 0 Å². The van der Waals surface area contributed by atoms with Gasteiger partial charge in [0, 0.05) is 35.5 Å². The van der Waals surface area contributed by atoms with Gasteiger partial charge in [0.2, 0.25) is 0 Å². The van der Waals surface area contributed by atoms with E-state index in [0.29, 0.717) is 10.0 Å². The molecule has 0 aliphatic rings. The van der Waals surface area contributed by atoms with E-state index < -0.39 is 0 Å². The molecule has 0 saturated carbocycles. The Hall–Kier alpha value is 0.0700. The van der Waals surface area contributed by atoms with Crippen molar-refractivity contribution in [1.82, 2.24) is 5.32 Å². The largest absolute Gasteiger partial charge is 0.396 e. The van der Waals surface area contributed by atoms with Crippen molar-refractivity contribution in [2.45, 2.75) is 13.0 Å². The second-order valence-corrected chi connectivity index (χ2v) is 5.67. The Morgan fingerprint density at radius 1 is 1.24 bits per heavy atom. The fraction of sp³-hybridized carbons (Fsp3) is 0.500. The Balaban J connectivity index is 2.14. The van der Waals surface area contributed by atoms with Crippen molar-refractivity contribution < 1.29 is 5.11 Å². The van der Waals surface area contributed by atoms with Crippen LogP contribution in [0.25, 0.3) is 0 Å². The number of rotatable bonds is 8. The first-order valence-corrected chi connectivity index (χ1v) is 7.48. The molecule has 0 fully saturated rings. The maximum absolute atomic E-state index is 8.62. The third-order valence-electron chi connectivity index (χ3n) is 2.20. The molecule has 5 heteroatoms. The van der Waals surface area contributed by atoms with Crippen LogP contribution in [0.1, 0.15) is 12.0 Å². The summed E-state index contributed by atoms with van der Waals surface area (Å²) in [6, 6.07) is 5.55. The van der Waals surface area contributed by atoms with Gasteiger partial charge in [-0.15, -0.1) is 0 Å². The zero-order valence-corrected chi connectivity index (χ0v) is 11.9. The van der Waals surface area contributed by atoms with Crippen LogP contribution in [0.2, 0.25) is 10.0 Å². The highest BCUT2D eigenvalue weighted by atomic mass is 35.5. The first kappa shape index (κ1) is 15.1. The van der Waals surface area contributed by atoms with Gasteiger partial charge in [-0.3, -0.25) is 0 Å². The van der Waals surface area contributed by atoms with Crippen LogP contribution in [0, 0.1) is 0 Å². The number of hydrogen-bond acceptors (Lipinski definition) is 3. The summed E-state index contributed by atoms with van der Waals surface area (Å²) in [6.45, 7) is 1.98. The molecule has 0 aromatic heterocycles. The average molecular weight is 294 g/mol. The lowest BCUT2D eigenvalue weighted by Gasteiger charge is -2.07. The molecule has 17 heavy (non-hydrogen) atoms. The van der Waals surface area contributed by atoms with E-state index in [1.807, 2.05) is 23.9 Å². The molecule has 96 valence electrons. The van der Waals surface area contributed by atoms with Crippen molar-refractivity contribution in [2.75, 3.05) is 24.7 Å². The standard InChI is InChI=1S/C12H17Cl2NOS/c13-11-3-2-10(12(14)8-11)9-15-4-7-17-6-1-5-16/h2-3,8,15-16H,1,4-7,9H2. The maximum atomic E-state index is 8.62. The van der Waals surface area contributed by atoms with Gasteiger partial charge in [-0.25, -0.2) is 0 Å². The van der Waals surface area contributed by atoms with Crippen LogP contribution in [0.3, 0.4) is 0 Å². The minimum atomic E-state index is 0.279. The Morgan fingerprint density at radius 2 is 2.06 bits per heavy atom. The lowest BCUT2D eigenvalue weighted by Crippen LogP contribution is -2.17. The lowest BCUT2D eigenvalue weighted by atomic mass is 10.2. The van der Waals surface area contributed by atoms with E-state index in [1.165, 1.54) is 0 Å². The molecular weight excluding hydrogens is 277 g/mol. The fourth-order valence-corrected chi connectivity index (χ4v) is 2.60. The molecule has 2 N–H and O–H groups in total. The van der Waals surface area contributed by atoms with E-state index in [4.69, 9.17) is 28.3 Å². The molecule has 0 aliphatic carbocycles. The Morgan fingerprint density at radius 3 is 2.76 bits per heavy atom. The molecule has 0 amide bonds. The number of nitrogens with one attached hydrogen (secondary N) is 1. The van der Waals surface area contributed by atoms with Crippen molar-refractivity contribution in [3.05, 3.63) is 33.8 Å². The topological polar surface area (TPSA) is 32.3 Å². The van der Waals surface area contributed by atoms with Gasteiger partial charge in [0.15, 0.2) is 0 Å². The summed E-state index contributed by atoms with van der Waals surface area (Å²) in [4.78, 5) is 0. The van der Waals surface area contributed by atoms with Gasteiger partial charge < -0.3 is 10.4 Å². The normalized spacial score (nSPS) is 10.8. The minimum absolute atomic E-state index is 0.279. The van der Waals surface area contributed by atoms with Crippen LogP contribution in [-0.4, -0.2) is 29.8 Å². The summed E-state index contributed by atoms with van der Waals surface area (Å²) in [5, 5.41) is 13.3. The van der Waals surface area contributed by atoms with Gasteiger partial charge in [0.1, 0.15) is 0 Å². The van der Waals surface area contributed by atoms with E-state index in [9.17, 15) is 0 Å². The number of aliphatic hydroxyl groups is 1. The van der Waals surface area contributed by atoms with Crippen LogP contribution in [0.15, 0.2) is 18.2 Å². The van der Waals surface area contributed by atoms with Crippen molar-refractivity contribution in [3.8, 4) is 0 Å². The second kappa shape index (κ2) is 9.06. The zero-order chi connectivity index (χ0) is 12.5. The average Bonchev–Trinajstić information content (AvgIpc) is 2.30. The molecule has 1 rings (SSSR count). The van der Waals surface area contributed by atoms with E-state index in [0.717, 1.165) is 36.6 Å². The van der Waals surface area contributed by atoms with Crippen molar-refractivity contribution >= 4 is 35.0 Å². The summed E-state index contributed by atoms with van der Waals surface area (Å²) in [6.07, 6.45) is 0.869. The number of aliphatic hydroxyl groups excluding tert-OH is 1. The number of thioether (sulfide) groups is 1. The Labute approximate surface area is 117 Å². The summed E-state index contributed by atoms with van der Waals surface area (Å²) in [7, 11) is 0. The molecule has 0 aliphatic heterocycles. The van der Waals surface area contributed by atoms with Crippen molar-refractivity contribution in [3.63, 3.8) is 0 Å². The molecule has 2 nitrogen and oxygen atoms in total. The molecule has 0 spiro atoms. The highest BCUT2D eigenvalue weighted by molar-refractivity contribution is 7.99. The maximum Gasteiger partial charge on any atom is 0.0465 e. The molecule has 0 saturated heterocycles. The summed E-state index contributed by atoms with van der Waals surface area (Å²) in [5.41, 5.74) is 1.07. The molecule has 1 aromatic rings. The minimum Gasteiger partial charge on any atom is -0.396 e. The van der Waals surface area contributed by atoms with E-state index in [1.54, 1.807) is 6.07 Å². The van der Waals surface area contributed by atoms with Crippen molar-refractivity contribution in [1.29, 1.82) is 0 Å². The molecule has 0 unspecified atom stereocenters. The van der Waals surface area contributed by atoms with E-state index >= 15 is 0 Å². The first-order valence-electron chi connectivity index (χ1n) is 5.57. The number of halogens is 2. The third-order valence-corrected chi connectivity index (χ3v) is 3.86. The summed E-state index contributed by atoms with van der Waals surface area (Å²) >= 11 is 13.7. The van der Waals surface area contributed by atoms with Gasteiger partial charge in [-0.1, -0.05) is 29.3 Å². The van der Waals surface area contributed by atoms with Gasteiger partial charge in [0.25, 0.3) is 0 Å². The number of benzene rings is 1. The predicted molar refractivity (Wildman–Crippen MR) is 77.2 cm³/mol. The molecule has 0 radical (unpaired) electrons. The smallest absolute Gasteiger partial charge is 0.0465 e. The molecular formula is C12H17Cl2NOS. The van der Waals surface area contributed by atoms with Gasteiger partial charge in [-0.2, -0.15) is 11.8 Å². The summed E-state index contributed by atoms with van der Waals surface area (Å²) < 4.78 is 0. The van der Waals surface area contributed by atoms with Gasteiger partial charge in [0.05, 0.1) is 0 Å².